The van der Waals surface area contributed by atoms with Crippen molar-refractivity contribution < 1.29 is 14.7 Å². The molecule has 3 saturated carbocycles. The number of aliphatic hydroxyl groups is 1. The van der Waals surface area contributed by atoms with Gasteiger partial charge >= 0.3 is 0 Å². The van der Waals surface area contributed by atoms with Crippen LogP contribution in [0.15, 0.2) is 63.8 Å². The van der Waals surface area contributed by atoms with Gasteiger partial charge in [0.05, 0.1) is 0 Å². The monoisotopic (exact) mass is 559 g/mol. The fraction of sp³-hybridized carbons (Fsp3) is 0.600. The highest BCUT2D eigenvalue weighted by atomic mass is 32.1. The second-order valence-corrected chi connectivity index (χ2v) is 15.7. The maximum Gasteiger partial charge on any atom is 0.225 e. The number of ketones is 1. The topological polar surface area (TPSA) is 66.4 Å². The normalized spacial score (nSPS) is 40.6. The van der Waals surface area contributed by atoms with Crippen LogP contribution in [0.25, 0.3) is 0 Å². The van der Waals surface area contributed by atoms with E-state index in [1.165, 1.54) is 16.9 Å². The standard InChI is InChI=1S/C35H45NO3S/c1-22-24-9-10-27-33(4,25(24)20-26(37)29(22)38)15-17-35(6)28-21-32(3,13-12-31(28,2)14-16-34(27,35)5)30(39)36-18-11-23-8-7-19-40-23/h7-10,19-20,28,38H,11-18,21H2,1-6H3,(H,36,39)/t28-,31-,32-,33+,34-,35+/m1/s1. The van der Waals surface area contributed by atoms with Gasteiger partial charge in [-0.15, -0.1) is 11.3 Å². The van der Waals surface area contributed by atoms with E-state index in [2.05, 4.69) is 69.6 Å². The molecular weight excluding hydrogens is 514 g/mol. The quantitative estimate of drug-likeness (QED) is 0.392. The lowest BCUT2D eigenvalue weighted by Gasteiger charge is -2.70. The van der Waals surface area contributed by atoms with Gasteiger partial charge in [-0.3, -0.25) is 9.59 Å². The van der Waals surface area contributed by atoms with Crippen LogP contribution in [0.5, 0.6) is 0 Å². The fourth-order valence-corrected chi connectivity index (χ4v) is 10.3. The molecule has 214 valence electrons. The fourth-order valence-electron chi connectivity index (χ4n) is 9.63. The highest BCUT2D eigenvalue weighted by molar-refractivity contribution is 7.09. The number of amides is 1. The molecule has 6 atom stereocenters. The number of allylic oxidation sites excluding steroid dienone is 7. The van der Waals surface area contributed by atoms with Crippen LogP contribution in [-0.4, -0.2) is 23.3 Å². The van der Waals surface area contributed by atoms with Gasteiger partial charge in [-0.2, -0.15) is 0 Å². The van der Waals surface area contributed by atoms with Gasteiger partial charge in [-0.05, 0) is 109 Å². The van der Waals surface area contributed by atoms with E-state index in [1.807, 2.05) is 6.92 Å². The molecule has 0 aromatic carbocycles. The molecule has 5 aliphatic rings. The molecule has 0 spiro atoms. The average Bonchev–Trinajstić information content (AvgIpc) is 3.44. The van der Waals surface area contributed by atoms with Crippen LogP contribution >= 0.6 is 11.3 Å². The Kier molecular flexibility index (Phi) is 6.28. The van der Waals surface area contributed by atoms with Gasteiger partial charge in [0.2, 0.25) is 11.7 Å². The minimum absolute atomic E-state index is 0.0267. The highest BCUT2D eigenvalue weighted by Crippen LogP contribution is 2.75. The summed E-state index contributed by atoms with van der Waals surface area (Å²) < 4.78 is 0. The minimum Gasteiger partial charge on any atom is -0.504 e. The zero-order valence-corrected chi connectivity index (χ0v) is 25.9. The van der Waals surface area contributed by atoms with E-state index in [4.69, 9.17) is 0 Å². The summed E-state index contributed by atoms with van der Waals surface area (Å²) >= 11 is 1.75. The molecule has 0 aliphatic heterocycles. The molecule has 0 bridgehead atoms. The molecule has 40 heavy (non-hydrogen) atoms. The lowest BCUT2D eigenvalue weighted by atomic mass is 9.34. The predicted octanol–water partition coefficient (Wildman–Crippen LogP) is 8.03. The molecule has 4 nitrogen and oxygen atoms in total. The van der Waals surface area contributed by atoms with Crippen LogP contribution < -0.4 is 5.32 Å². The molecule has 0 unspecified atom stereocenters. The van der Waals surface area contributed by atoms with Crippen LogP contribution in [0.3, 0.4) is 0 Å². The molecule has 0 saturated heterocycles. The Bertz CT molecular complexity index is 1400. The van der Waals surface area contributed by atoms with Gasteiger partial charge in [0.1, 0.15) is 0 Å². The van der Waals surface area contributed by atoms with E-state index in [0.717, 1.165) is 56.1 Å². The Morgan fingerprint density at radius 3 is 2.52 bits per heavy atom. The molecule has 1 aromatic rings. The maximum atomic E-state index is 13.7. The van der Waals surface area contributed by atoms with Gasteiger partial charge < -0.3 is 10.4 Å². The summed E-state index contributed by atoms with van der Waals surface area (Å²) in [5.74, 6) is 0.282. The first-order valence-corrected chi connectivity index (χ1v) is 16.1. The van der Waals surface area contributed by atoms with Crippen molar-refractivity contribution in [2.75, 3.05) is 6.54 Å². The molecule has 6 rings (SSSR count). The Balaban J connectivity index is 1.32. The second kappa shape index (κ2) is 9.05. The summed E-state index contributed by atoms with van der Waals surface area (Å²) in [6.45, 7) is 14.6. The number of nitrogens with one attached hydrogen (secondary N) is 1. The Morgan fingerprint density at radius 1 is 1.05 bits per heavy atom. The van der Waals surface area contributed by atoms with Crippen LogP contribution in [0.2, 0.25) is 0 Å². The number of hydrogen-bond acceptors (Lipinski definition) is 4. The van der Waals surface area contributed by atoms with Crippen LogP contribution in [0, 0.1) is 33.0 Å². The second-order valence-electron chi connectivity index (χ2n) is 14.7. The van der Waals surface area contributed by atoms with Crippen molar-refractivity contribution in [3.8, 4) is 0 Å². The van der Waals surface area contributed by atoms with Gasteiger partial charge in [-0.25, -0.2) is 0 Å². The minimum atomic E-state index is -0.354. The first-order chi connectivity index (χ1) is 18.8. The number of thiophene rings is 1. The van der Waals surface area contributed by atoms with Gasteiger partial charge in [-0.1, -0.05) is 58.4 Å². The van der Waals surface area contributed by atoms with Crippen molar-refractivity contribution >= 4 is 23.0 Å². The number of hydrogen-bond donors (Lipinski definition) is 2. The molecule has 3 fully saturated rings. The lowest BCUT2D eigenvalue weighted by Crippen LogP contribution is -2.62. The predicted molar refractivity (Wildman–Crippen MR) is 162 cm³/mol. The van der Waals surface area contributed by atoms with E-state index >= 15 is 0 Å². The number of carbonyl (C=O) groups excluding carboxylic acids is 2. The smallest absolute Gasteiger partial charge is 0.225 e. The molecule has 0 radical (unpaired) electrons. The molecular formula is C35H45NO3S. The molecule has 5 aliphatic carbocycles. The van der Waals surface area contributed by atoms with E-state index in [9.17, 15) is 14.7 Å². The van der Waals surface area contributed by atoms with Gasteiger partial charge in [0, 0.05) is 27.8 Å². The van der Waals surface area contributed by atoms with Crippen molar-refractivity contribution in [2.45, 2.75) is 92.9 Å². The molecule has 1 amide bonds. The Labute approximate surface area is 243 Å². The average molecular weight is 560 g/mol. The molecule has 5 heteroatoms. The molecule has 2 N–H and O–H groups in total. The SMILES string of the molecule is CC1=C(O)C(=O)C=C2C1=CC=C1[C@@]2(C)CC[C@@]2(C)[C@@H]3C[C@](C)(C(=O)NCCc4cccs4)CC[C@]3(C)CC[C@]12C. The van der Waals surface area contributed by atoms with Gasteiger partial charge in [0.25, 0.3) is 0 Å². The van der Waals surface area contributed by atoms with Crippen molar-refractivity contribution in [1.29, 1.82) is 0 Å². The van der Waals surface area contributed by atoms with Crippen LogP contribution in [0.1, 0.15) is 91.4 Å². The lowest BCUT2D eigenvalue weighted by molar-refractivity contribution is -0.169. The highest BCUT2D eigenvalue weighted by Gasteiger charge is 2.67. The van der Waals surface area contributed by atoms with Crippen molar-refractivity contribution in [1.82, 2.24) is 5.32 Å². The number of fused-ring (bicyclic) bond motifs is 7. The van der Waals surface area contributed by atoms with Crippen molar-refractivity contribution in [3.63, 3.8) is 0 Å². The third-order valence-corrected chi connectivity index (χ3v) is 13.6. The van der Waals surface area contributed by atoms with E-state index in [-0.39, 0.29) is 44.5 Å². The molecule has 1 heterocycles. The summed E-state index contributed by atoms with van der Waals surface area (Å²) in [6.07, 6.45) is 14.4. The third-order valence-electron chi connectivity index (χ3n) is 12.7. The number of rotatable bonds is 4. The summed E-state index contributed by atoms with van der Waals surface area (Å²) in [6, 6.07) is 4.21. The van der Waals surface area contributed by atoms with E-state index < -0.39 is 0 Å². The summed E-state index contributed by atoms with van der Waals surface area (Å²) in [5.41, 5.74) is 3.93. The summed E-state index contributed by atoms with van der Waals surface area (Å²) in [7, 11) is 0. The summed E-state index contributed by atoms with van der Waals surface area (Å²) in [4.78, 5) is 27.8. The third kappa shape index (κ3) is 3.75. The number of aliphatic hydroxyl groups excluding tert-OH is 1. The number of carbonyl (C=O) groups is 2. The summed E-state index contributed by atoms with van der Waals surface area (Å²) in [5, 5.41) is 15.8. The van der Waals surface area contributed by atoms with Crippen molar-refractivity contribution in [2.24, 2.45) is 33.0 Å². The zero-order valence-electron chi connectivity index (χ0n) is 25.1. The Hall–Kier alpha value is -2.40. The largest absolute Gasteiger partial charge is 0.504 e. The zero-order chi connectivity index (χ0) is 28.7. The first kappa shape index (κ1) is 27.8. The first-order valence-electron chi connectivity index (χ1n) is 15.2. The van der Waals surface area contributed by atoms with Crippen molar-refractivity contribution in [3.05, 3.63) is 68.7 Å². The maximum absolute atomic E-state index is 13.7. The molecule has 1 aromatic heterocycles. The van der Waals surface area contributed by atoms with E-state index in [0.29, 0.717) is 18.0 Å². The van der Waals surface area contributed by atoms with Crippen LogP contribution in [-0.2, 0) is 16.0 Å². The Morgan fingerprint density at radius 2 is 1.80 bits per heavy atom. The van der Waals surface area contributed by atoms with Crippen LogP contribution in [0.4, 0.5) is 0 Å². The van der Waals surface area contributed by atoms with Gasteiger partial charge in [0.15, 0.2) is 5.76 Å². The van der Waals surface area contributed by atoms with E-state index in [1.54, 1.807) is 17.4 Å².